The van der Waals surface area contributed by atoms with Gasteiger partial charge >= 0.3 is 5.97 Å². The summed E-state index contributed by atoms with van der Waals surface area (Å²) in [6.07, 6.45) is 30.2. The van der Waals surface area contributed by atoms with Crippen molar-refractivity contribution in [3.05, 3.63) is 48.6 Å². The molecule has 3 fully saturated rings. The molecule has 5 aliphatic rings. The van der Waals surface area contributed by atoms with Gasteiger partial charge in [0.1, 0.15) is 17.3 Å². The van der Waals surface area contributed by atoms with Gasteiger partial charge in [-0.2, -0.15) is 0 Å². The number of hydrogen-bond donors (Lipinski definition) is 0. The number of unbranched alkanes of at least 4 members (excludes halogenated alkanes) is 10. The van der Waals surface area contributed by atoms with Crippen molar-refractivity contribution >= 4 is 17.5 Å². The van der Waals surface area contributed by atoms with E-state index in [0.717, 1.165) is 19.3 Å². The van der Waals surface area contributed by atoms with Crippen LogP contribution in [0.5, 0.6) is 0 Å². The van der Waals surface area contributed by atoms with Gasteiger partial charge in [0.15, 0.2) is 23.1 Å². The summed E-state index contributed by atoms with van der Waals surface area (Å²) in [5, 5.41) is 0. The third kappa shape index (κ3) is 7.78. The summed E-state index contributed by atoms with van der Waals surface area (Å²) in [4.78, 5) is 36.5. The lowest BCUT2D eigenvalue weighted by Gasteiger charge is -2.48. The Balaban J connectivity index is 1.15. The Morgan fingerprint density at radius 2 is 1.10 bits per heavy atom. The highest BCUT2D eigenvalue weighted by atomic mass is 16.8. The predicted molar refractivity (Wildman–Crippen MR) is 159 cm³/mol. The molecule has 0 bridgehead atoms. The van der Waals surface area contributed by atoms with Crippen molar-refractivity contribution in [1.82, 2.24) is 0 Å². The van der Waals surface area contributed by atoms with Crippen LogP contribution in [0.4, 0.5) is 0 Å². The van der Waals surface area contributed by atoms with E-state index in [1.165, 1.54) is 51.4 Å². The van der Waals surface area contributed by atoms with Crippen LogP contribution in [-0.4, -0.2) is 46.4 Å². The molecule has 0 N–H and O–H groups in total. The molecule has 0 radical (unpaired) electrons. The summed E-state index contributed by atoms with van der Waals surface area (Å²) in [7, 11) is 0. The molecule has 7 heteroatoms. The minimum atomic E-state index is -1.00. The van der Waals surface area contributed by atoms with E-state index in [2.05, 4.69) is 6.92 Å². The van der Waals surface area contributed by atoms with E-state index in [1.54, 1.807) is 48.6 Å². The van der Waals surface area contributed by atoms with Gasteiger partial charge in [-0.05, 0) is 67.9 Å². The molecule has 42 heavy (non-hydrogen) atoms. The second kappa shape index (κ2) is 13.5. The SMILES string of the molecule is CCCCCCCCCCCCCC(=O)OC1C[C@]2(CCC3(C=CC(=O)C=C3)O2)O[C@]2(CCC3(C=CC(=O)C=C3)O2)C1. The van der Waals surface area contributed by atoms with Gasteiger partial charge < -0.3 is 18.9 Å². The van der Waals surface area contributed by atoms with Crippen molar-refractivity contribution in [2.24, 2.45) is 0 Å². The van der Waals surface area contributed by atoms with Gasteiger partial charge in [0.25, 0.3) is 0 Å². The molecular weight excluding hydrogens is 532 g/mol. The number of esters is 1. The van der Waals surface area contributed by atoms with Crippen LogP contribution in [0.1, 0.15) is 122 Å². The minimum Gasteiger partial charge on any atom is -0.462 e. The summed E-state index contributed by atoms with van der Waals surface area (Å²) >= 11 is 0. The molecule has 4 spiro atoms. The van der Waals surface area contributed by atoms with Crippen LogP contribution >= 0.6 is 0 Å². The van der Waals surface area contributed by atoms with Crippen LogP contribution < -0.4 is 0 Å². The van der Waals surface area contributed by atoms with Crippen LogP contribution in [-0.2, 0) is 33.3 Å². The molecule has 0 saturated carbocycles. The highest BCUT2D eigenvalue weighted by molar-refractivity contribution is 6.01. The van der Waals surface area contributed by atoms with E-state index >= 15 is 0 Å². The third-order valence-corrected chi connectivity index (χ3v) is 9.40. The van der Waals surface area contributed by atoms with E-state index in [1.807, 2.05) is 0 Å². The van der Waals surface area contributed by atoms with Crippen LogP contribution in [0.2, 0.25) is 0 Å². The number of ether oxygens (including phenoxy) is 4. The van der Waals surface area contributed by atoms with Gasteiger partial charge in [-0.3, -0.25) is 14.4 Å². The first-order valence-corrected chi connectivity index (χ1v) is 16.4. The van der Waals surface area contributed by atoms with Crippen molar-refractivity contribution in [2.75, 3.05) is 0 Å². The molecule has 3 heterocycles. The number of ketones is 2. The second-order valence-electron chi connectivity index (χ2n) is 13.0. The lowest BCUT2D eigenvalue weighted by atomic mass is 9.89. The van der Waals surface area contributed by atoms with Crippen molar-refractivity contribution in [3.63, 3.8) is 0 Å². The van der Waals surface area contributed by atoms with Gasteiger partial charge in [0, 0.05) is 32.1 Å². The molecule has 3 atom stereocenters. The lowest BCUT2D eigenvalue weighted by molar-refractivity contribution is -0.386. The van der Waals surface area contributed by atoms with Gasteiger partial charge in [-0.25, -0.2) is 0 Å². The molecule has 3 aliphatic heterocycles. The van der Waals surface area contributed by atoms with Crippen LogP contribution in [0.25, 0.3) is 0 Å². The second-order valence-corrected chi connectivity index (χ2v) is 13.0. The fourth-order valence-electron chi connectivity index (χ4n) is 7.13. The van der Waals surface area contributed by atoms with Crippen molar-refractivity contribution in [2.45, 2.75) is 151 Å². The maximum absolute atomic E-state index is 13.0. The maximum atomic E-state index is 13.0. The van der Waals surface area contributed by atoms with E-state index in [9.17, 15) is 14.4 Å². The molecule has 230 valence electrons. The molecule has 0 aromatic rings. The summed E-state index contributed by atoms with van der Waals surface area (Å²) in [6.45, 7) is 2.25. The average molecular weight is 581 g/mol. The van der Waals surface area contributed by atoms with E-state index in [0.29, 0.717) is 44.9 Å². The monoisotopic (exact) mass is 580 g/mol. The average Bonchev–Trinajstić information content (AvgIpc) is 3.47. The molecule has 7 nitrogen and oxygen atoms in total. The quantitative estimate of drug-likeness (QED) is 0.167. The molecule has 0 amide bonds. The number of rotatable bonds is 13. The van der Waals surface area contributed by atoms with Gasteiger partial charge in [-0.15, -0.1) is 0 Å². The molecular formula is C35H48O7. The predicted octanol–water partition coefficient (Wildman–Crippen LogP) is 7.29. The number of allylic oxidation sites excluding steroid dienone is 4. The molecule has 5 rings (SSSR count). The highest BCUT2D eigenvalue weighted by Crippen LogP contribution is 2.55. The Labute approximate surface area is 250 Å². The number of hydrogen-bond acceptors (Lipinski definition) is 7. The number of carbonyl (C=O) groups is 3. The van der Waals surface area contributed by atoms with Crippen LogP contribution in [0.3, 0.4) is 0 Å². The van der Waals surface area contributed by atoms with Crippen molar-refractivity contribution < 1.29 is 33.3 Å². The summed E-state index contributed by atoms with van der Waals surface area (Å²) in [5.74, 6) is -2.32. The Morgan fingerprint density at radius 3 is 1.55 bits per heavy atom. The summed E-state index contributed by atoms with van der Waals surface area (Å²) in [6, 6.07) is 0. The first-order valence-electron chi connectivity index (χ1n) is 16.4. The fraction of sp³-hybridized carbons (Fsp3) is 0.686. The smallest absolute Gasteiger partial charge is 0.306 e. The largest absolute Gasteiger partial charge is 0.462 e. The van der Waals surface area contributed by atoms with Gasteiger partial charge in [0.05, 0.1) is 0 Å². The Bertz CT molecular complexity index is 1020. The topological polar surface area (TPSA) is 88.1 Å². The summed E-state index contributed by atoms with van der Waals surface area (Å²) < 4.78 is 26.1. The standard InChI is InChI=1S/C35H48O7/c1-2-3-4-5-6-7-8-9-10-11-12-13-31(38)39-30-26-34(24-22-32(40-34)18-14-28(36)15-19-32)42-35(27-30)25-23-33(41-35)20-16-29(37)17-21-33/h14-21,30H,2-13,22-27H2,1H3/t30?,34-,35+. The Morgan fingerprint density at radius 1 is 0.667 bits per heavy atom. The molecule has 1 unspecified atom stereocenters. The van der Waals surface area contributed by atoms with Gasteiger partial charge in [0.2, 0.25) is 0 Å². The maximum Gasteiger partial charge on any atom is 0.306 e. The molecule has 0 aromatic carbocycles. The molecule has 3 saturated heterocycles. The van der Waals surface area contributed by atoms with E-state index in [-0.39, 0.29) is 17.5 Å². The number of carbonyl (C=O) groups excluding carboxylic acids is 3. The zero-order chi connectivity index (χ0) is 29.5. The van der Waals surface area contributed by atoms with Crippen molar-refractivity contribution in [3.8, 4) is 0 Å². The van der Waals surface area contributed by atoms with Gasteiger partial charge in [-0.1, -0.05) is 71.1 Å². The zero-order valence-electron chi connectivity index (χ0n) is 25.3. The lowest BCUT2D eigenvalue weighted by Crippen LogP contribution is -2.55. The van der Waals surface area contributed by atoms with Crippen LogP contribution in [0.15, 0.2) is 48.6 Å². The first-order chi connectivity index (χ1) is 20.3. The Kier molecular flexibility index (Phi) is 10.0. The zero-order valence-corrected chi connectivity index (χ0v) is 25.3. The fourth-order valence-corrected chi connectivity index (χ4v) is 7.13. The van der Waals surface area contributed by atoms with Crippen LogP contribution in [0, 0.1) is 0 Å². The highest BCUT2D eigenvalue weighted by Gasteiger charge is 2.61. The summed E-state index contributed by atoms with van der Waals surface area (Å²) in [5.41, 5.74) is -1.44. The van der Waals surface area contributed by atoms with E-state index < -0.39 is 28.9 Å². The molecule has 2 aliphatic carbocycles. The third-order valence-electron chi connectivity index (χ3n) is 9.40. The van der Waals surface area contributed by atoms with E-state index in [4.69, 9.17) is 18.9 Å². The minimum absolute atomic E-state index is 0.0630. The van der Waals surface area contributed by atoms with Crippen molar-refractivity contribution in [1.29, 1.82) is 0 Å². The molecule has 0 aromatic heterocycles. The first kappa shape index (κ1) is 31.1. The normalized spacial score (nSPS) is 30.5. The Hall–Kier alpha value is -2.35.